The molecule has 0 unspecified atom stereocenters. The van der Waals surface area contributed by atoms with Gasteiger partial charge in [0.05, 0.1) is 18.7 Å². The summed E-state index contributed by atoms with van der Waals surface area (Å²) in [5.74, 6) is 0.343. The Bertz CT molecular complexity index is 1610. The van der Waals surface area contributed by atoms with Crippen LogP contribution in [-0.2, 0) is 24.4 Å². The smallest absolute Gasteiger partial charge is 0.342 e. The number of pyridine rings is 1. The van der Waals surface area contributed by atoms with E-state index < -0.39 is 5.97 Å². The number of carbonyl (C=O) groups excluding carboxylic acids is 2. The molecule has 2 N–H and O–H groups in total. The number of carbonyl (C=O) groups is 2. The third-order valence-corrected chi connectivity index (χ3v) is 6.58. The van der Waals surface area contributed by atoms with Gasteiger partial charge in [-0.1, -0.05) is 72.8 Å². The molecule has 7 nitrogen and oxygen atoms in total. The van der Waals surface area contributed by atoms with Crippen molar-refractivity contribution < 1.29 is 36.0 Å². The number of urea groups is 1. The van der Waals surface area contributed by atoms with E-state index in [1.165, 1.54) is 16.7 Å². The summed E-state index contributed by atoms with van der Waals surface area (Å²) in [6.45, 7) is 0.923. The molecular weight excluding hydrogens is 562 g/mol. The lowest BCUT2D eigenvalue weighted by atomic mass is 9.98. The van der Waals surface area contributed by atoms with Gasteiger partial charge in [-0.2, -0.15) is 4.57 Å². The van der Waals surface area contributed by atoms with Gasteiger partial charge in [0.1, 0.15) is 5.75 Å². The number of esters is 1. The monoisotopic (exact) mass is 593 g/mol. The predicted octanol–water partition coefficient (Wildman–Crippen LogP) is 3.40. The second-order valence-electron chi connectivity index (χ2n) is 9.61. The van der Waals surface area contributed by atoms with Crippen LogP contribution in [0, 0.1) is 0 Å². The van der Waals surface area contributed by atoms with E-state index in [1.54, 1.807) is 35.0 Å². The molecule has 0 aliphatic carbocycles. The van der Waals surface area contributed by atoms with Crippen molar-refractivity contribution in [2.24, 2.45) is 0 Å². The summed E-state index contributed by atoms with van der Waals surface area (Å²) < 4.78 is 13.1. The van der Waals surface area contributed by atoms with Crippen LogP contribution in [0.3, 0.4) is 0 Å². The van der Waals surface area contributed by atoms with Crippen molar-refractivity contribution >= 4 is 17.7 Å². The summed E-state index contributed by atoms with van der Waals surface area (Å²) >= 11 is 0. The highest BCUT2D eigenvalue weighted by Gasteiger charge is 2.11. The fourth-order valence-corrected chi connectivity index (χ4v) is 4.46. The van der Waals surface area contributed by atoms with E-state index in [2.05, 4.69) is 41.0 Å². The highest BCUT2D eigenvalue weighted by Crippen LogP contribution is 2.24. The molecule has 5 aromatic rings. The summed E-state index contributed by atoms with van der Waals surface area (Å²) in [6.07, 6.45) is 4.40. The van der Waals surface area contributed by atoms with Crippen molar-refractivity contribution in [2.45, 2.75) is 19.7 Å². The molecule has 1 heterocycles. The number of rotatable bonds is 11. The van der Waals surface area contributed by atoms with Crippen LogP contribution in [0.1, 0.15) is 21.5 Å². The van der Waals surface area contributed by atoms with Gasteiger partial charge in [0.2, 0.25) is 0 Å². The molecule has 218 valence electrons. The Balaban J connectivity index is 0.00000423. The van der Waals surface area contributed by atoms with Crippen LogP contribution in [-0.4, -0.2) is 18.6 Å². The molecule has 0 aliphatic heterocycles. The number of aromatic nitrogens is 1. The number of amides is 2. The van der Waals surface area contributed by atoms with E-state index in [0.717, 1.165) is 17.7 Å². The quantitative estimate of drug-likeness (QED) is 0.182. The van der Waals surface area contributed by atoms with E-state index >= 15 is 0 Å². The third kappa shape index (κ3) is 9.18. The lowest BCUT2D eigenvalue weighted by Gasteiger charge is -2.12. The van der Waals surface area contributed by atoms with Crippen LogP contribution >= 0.6 is 0 Å². The van der Waals surface area contributed by atoms with Gasteiger partial charge in [-0.05, 0) is 59.2 Å². The standard InChI is InChI=1S/C35H31N3O4.ClH/c39-34(30-14-5-2-6-15-30)42-26-38-22-9-10-27(25-38)24-36-35(40)37-31-17-19-32(20-18-31)41-23-21-29-13-7-8-16-33(29)28-11-3-1-4-12-28;/h1-20,22,25H,21,23-24,26H2,(H-,36,37,40);1H. The number of ether oxygens (including phenoxy) is 2. The minimum atomic E-state index is -0.393. The Morgan fingerprint density at radius 1 is 0.744 bits per heavy atom. The molecule has 8 heteroatoms. The van der Waals surface area contributed by atoms with Crippen LogP contribution in [0.25, 0.3) is 11.1 Å². The Morgan fingerprint density at radius 2 is 1.44 bits per heavy atom. The molecule has 1 aromatic heterocycles. The normalized spacial score (nSPS) is 10.2. The third-order valence-electron chi connectivity index (χ3n) is 6.58. The molecule has 5 rings (SSSR count). The summed E-state index contributed by atoms with van der Waals surface area (Å²) in [5.41, 5.74) is 5.65. The van der Waals surface area contributed by atoms with Gasteiger partial charge in [-0.3, -0.25) is 0 Å². The Labute approximate surface area is 257 Å². The first kappa shape index (κ1) is 30.8. The average molecular weight is 594 g/mol. The first-order chi connectivity index (χ1) is 20.6. The predicted molar refractivity (Wildman–Crippen MR) is 162 cm³/mol. The number of hydrogen-bond donors (Lipinski definition) is 2. The largest absolute Gasteiger partial charge is 1.00 e. The molecule has 0 fully saturated rings. The van der Waals surface area contributed by atoms with Crippen molar-refractivity contribution in [3.05, 3.63) is 150 Å². The number of nitrogens with one attached hydrogen (secondary N) is 2. The molecule has 0 atom stereocenters. The Morgan fingerprint density at radius 3 is 2.21 bits per heavy atom. The van der Waals surface area contributed by atoms with Gasteiger partial charge >= 0.3 is 12.0 Å². The lowest BCUT2D eigenvalue weighted by Crippen LogP contribution is -3.00. The molecule has 4 aromatic carbocycles. The molecule has 0 bridgehead atoms. The summed E-state index contributed by atoms with van der Waals surface area (Å²) in [6, 6.07) is 38.3. The molecule has 0 radical (unpaired) electrons. The van der Waals surface area contributed by atoms with Crippen LogP contribution in [0.5, 0.6) is 5.75 Å². The molecule has 0 aliphatic rings. The summed E-state index contributed by atoms with van der Waals surface area (Å²) in [5, 5.41) is 5.69. The van der Waals surface area contributed by atoms with Gasteiger partial charge in [-0.25, -0.2) is 9.59 Å². The number of benzene rings is 4. The van der Waals surface area contributed by atoms with E-state index in [4.69, 9.17) is 9.47 Å². The molecule has 2 amide bonds. The first-order valence-electron chi connectivity index (χ1n) is 13.8. The number of nitrogens with zero attached hydrogens (tertiary/aromatic N) is 1. The van der Waals surface area contributed by atoms with Gasteiger partial charge in [-0.15, -0.1) is 0 Å². The number of hydrogen-bond acceptors (Lipinski definition) is 4. The zero-order valence-electron chi connectivity index (χ0n) is 23.5. The first-order valence-corrected chi connectivity index (χ1v) is 13.8. The maximum Gasteiger partial charge on any atom is 0.342 e. The molecule has 0 saturated heterocycles. The SMILES string of the molecule is O=C(NCc1ccc[n+](COC(=O)c2ccccc2)c1)Nc1ccc(OCCc2ccccc2-c2ccccc2)cc1.[Cl-]. The molecule has 0 spiro atoms. The van der Waals surface area contributed by atoms with Crippen LogP contribution in [0.4, 0.5) is 10.5 Å². The average Bonchev–Trinajstić information content (AvgIpc) is 3.05. The van der Waals surface area contributed by atoms with Crippen molar-refractivity contribution in [3.8, 4) is 16.9 Å². The van der Waals surface area contributed by atoms with Crippen molar-refractivity contribution in [1.29, 1.82) is 0 Å². The van der Waals surface area contributed by atoms with E-state index in [1.807, 2.05) is 72.9 Å². The van der Waals surface area contributed by atoms with Crippen molar-refractivity contribution in [1.82, 2.24) is 5.32 Å². The Hall–Kier alpha value is -5.14. The van der Waals surface area contributed by atoms with Gasteiger partial charge < -0.3 is 32.5 Å². The van der Waals surface area contributed by atoms with E-state index in [9.17, 15) is 9.59 Å². The highest BCUT2D eigenvalue weighted by molar-refractivity contribution is 5.89. The number of halogens is 1. The number of anilines is 1. The maximum atomic E-state index is 12.5. The topological polar surface area (TPSA) is 80.5 Å². The van der Waals surface area contributed by atoms with Crippen LogP contribution in [0.2, 0.25) is 0 Å². The van der Waals surface area contributed by atoms with Crippen LogP contribution < -0.4 is 32.3 Å². The highest BCUT2D eigenvalue weighted by atomic mass is 35.5. The minimum Gasteiger partial charge on any atom is -1.00 e. The second kappa shape index (κ2) is 15.7. The fraction of sp³-hybridized carbons (Fsp3) is 0.114. The van der Waals surface area contributed by atoms with Gasteiger partial charge in [0.25, 0.3) is 6.73 Å². The maximum absolute atomic E-state index is 12.5. The minimum absolute atomic E-state index is 0. The van der Waals surface area contributed by atoms with Gasteiger partial charge in [0, 0.05) is 23.7 Å². The summed E-state index contributed by atoms with van der Waals surface area (Å²) in [7, 11) is 0. The fourth-order valence-electron chi connectivity index (χ4n) is 4.46. The molecule has 43 heavy (non-hydrogen) atoms. The second-order valence-corrected chi connectivity index (χ2v) is 9.61. The summed E-state index contributed by atoms with van der Waals surface area (Å²) in [4.78, 5) is 24.7. The van der Waals surface area contributed by atoms with Crippen molar-refractivity contribution in [3.63, 3.8) is 0 Å². The van der Waals surface area contributed by atoms with Crippen molar-refractivity contribution in [2.75, 3.05) is 11.9 Å². The zero-order valence-corrected chi connectivity index (χ0v) is 24.2. The molecular formula is C35H32ClN3O4. The van der Waals surface area contributed by atoms with E-state index in [-0.39, 0.29) is 25.2 Å². The lowest BCUT2D eigenvalue weighted by molar-refractivity contribution is -0.727. The van der Waals surface area contributed by atoms with E-state index in [0.29, 0.717) is 24.4 Å². The Kier molecular flexibility index (Phi) is 11.3. The van der Waals surface area contributed by atoms with Crippen LogP contribution in [0.15, 0.2) is 134 Å². The van der Waals surface area contributed by atoms with Gasteiger partial charge in [0.15, 0.2) is 12.4 Å². The molecule has 0 saturated carbocycles. The zero-order chi connectivity index (χ0) is 29.0.